The van der Waals surface area contributed by atoms with Crippen molar-refractivity contribution in [1.82, 2.24) is 20.8 Å². The summed E-state index contributed by atoms with van der Waals surface area (Å²) in [6.07, 6.45) is 2.90. The lowest BCUT2D eigenvalue weighted by molar-refractivity contribution is -0.123. The van der Waals surface area contributed by atoms with Crippen molar-refractivity contribution in [3.8, 4) is 11.4 Å². The molecule has 2 aromatic rings. The topological polar surface area (TPSA) is 80.0 Å². The number of carbonyl (C=O) groups is 1. The van der Waals surface area contributed by atoms with Crippen molar-refractivity contribution in [3.05, 3.63) is 35.7 Å². The summed E-state index contributed by atoms with van der Waals surface area (Å²) in [4.78, 5) is 16.5. The molecule has 2 atom stereocenters. The third kappa shape index (κ3) is 3.59. The van der Waals surface area contributed by atoms with E-state index < -0.39 is 0 Å². The van der Waals surface area contributed by atoms with E-state index in [9.17, 15) is 4.79 Å². The van der Waals surface area contributed by atoms with Crippen molar-refractivity contribution < 1.29 is 9.32 Å². The maximum Gasteiger partial charge on any atom is 0.249 e. The Labute approximate surface area is 135 Å². The number of nitrogens with one attached hydrogen (secondary N) is 2. The minimum Gasteiger partial charge on any atom is -0.343 e. The number of amides is 1. The summed E-state index contributed by atoms with van der Waals surface area (Å²) in [5.41, 5.74) is 2.18. The van der Waals surface area contributed by atoms with E-state index in [0.29, 0.717) is 11.7 Å². The lowest BCUT2D eigenvalue weighted by atomic mass is 10.1. The van der Waals surface area contributed by atoms with E-state index in [1.165, 1.54) is 5.56 Å². The van der Waals surface area contributed by atoms with E-state index in [-0.39, 0.29) is 18.0 Å². The molecule has 3 rings (SSSR count). The fourth-order valence-corrected chi connectivity index (χ4v) is 2.70. The van der Waals surface area contributed by atoms with Crippen LogP contribution in [0.4, 0.5) is 0 Å². The zero-order chi connectivity index (χ0) is 16.2. The van der Waals surface area contributed by atoms with Crippen molar-refractivity contribution in [2.45, 2.75) is 45.2 Å². The quantitative estimate of drug-likeness (QED) is 0.884. The van der Waals surface area contributed by atoms with E-state index in [4.69, 9.17) is 4.52 Å². The largest absolute Gasteiger partial charge is 0.343 e. The smallest absolute Gasteiger partial charge is 0.249 e. The van der Waals surface area contributed by atoms with Crippen LogP contribution in [0.1, 0.15) is 44.2 Å². The van der Waals surface area contributed by atoms with Crippen LogP contribution in [-0.2, 0) is 11.2 Å². The first-order valence-corrected chi connectivity index (χ1v) is 8.14. The minimum atomic E-state index is -0.305. The van der Waals surface area contributed by atoms with Crippen LogP contribution < -0.4 is 10.6 Å². The molecule has 1 aliphatic rings. The Balaban J connectivity index is 1.66. The van der Waals surface area contributed by atoms with Gasteiger partial charge in [-0.1, -0.05) is 36.3 Å². The fourth-order valence-electron chi connectivity index (χ4n) is 2.70. The van der Waals surface area contributed by atoms with Crippen molar-refractivity contribution in [1.29, 1.82) is 0 Å². The highest BCUT2D eigenvalue weighted by molar-refractivity contribution is 5.82. The zero-order valence-electron chi connectivity index (χ0n) is 13.5. The summed E-state index contributed by atoms with van der Waals surface area (Å²) in [7, 11) is 0. The average Bonchev–Trinajstić information content (AvgIpc) is 3.26. The molecule has 23 heavy (non-hydrogen) atoms. The summed E-state index contributed by atoms with van der Waals surface area (Å²) in [5, 5.41) is 10.1. The standard InChI is InChI=1S/C17H22N4O2/c1-3-12-6-8-13(9-7-12)15-20-17(23-21-15)11(2)19-16(22)14-5-4-10-18-14/h6-9,11,14,18H,3-5,10H2,1-2H3,(H,19,22). The van der Waals surface area contributed by atoms with E-state index >= 15 is 0 Å². The first-order valence-electron chi connectivity index (χ1n) is 8.14. The van der Waals surface area contributed by atoms with Gasteiger partial charge < -0.3 is 15.2 Å². The lowest BCUT2D eigenvalue weighted by Crippen LogP contribution is -2.41. The first kappa shape index (κ1) is 15.7. The van der Waals surface area contributed by atoms with Gasteiger partial charge in [-0.25, -0.2) is 0 Å². The number of nitrogens with zero attached hydrogens (tertiary/aromatic N) is 2. The molecule has 2 N–H and O–H groups in total. The van der Waals surface area contributed by atoms with Gasteiger partial charge in [0.05, 0.1) is 6.04 Å². The predicted molar refractivity (Wildman–Crippen MR) is 86.7 cm³/mol. The molecule has 2 unspecified atom stereocenters. The number of carbonyl (C=O) groups excluding carboxylic acids is 1. The maximum absolute atomic E-state index is 12.1. The van der Waals surface area contributed by atoms with Gasteiger partial charge >= 0.3 is 0 Å². The molecule has 1 aromatic carbocycles. The normalized spacial score (nSPS) is 18.8. The Bertz CT molecular complexity index is 659. The van der Waals surface area contributed by atoms with Gasteiger partial charge in [0.1, 0.15) is 6.04 Å². The number of benzene rings is 1. The number of rotatable bonds is 5. The second-order valence-electron chi connectivity index (χ2n) is 5.89. The molecule has 6 nitrogen and oxygen atoms in total. The Morgan fingerprint density at radius 3 is 2.87 bits per heavy atom. The predicted octanol–water partition coefficient (Wildman–Crippen LogP) is 2.23. The molecule has 1 saturated heterocycles. The molecule has 1 aliphatic heterocycles. The van der Waals surface area contributed by atoms with Crippen molar-refractivity contribution in [3.63, 3.8) is 0 Å². The number of aryl methyl sites for hydroxylation is 1. The Kier molecular flexibility index (Phi) is 4.71. The fraction of sp³-hybridized carbons (Fsp3) is 0.471. The highest BCUT2D eigenvalue weighted by atomic mass is 16.5. The summed E-state index contributed by atoms with van der Waals surface area (Å²) >= 11 is 0. The van der Waals surface area contributed by atoms with E-state index in [1.807, 2.05) is 19.1 Å². The highest BCUT2D eigenvalue weighted by Crippen LogP contribution is 2.19. The van der Waals surface area contributed by atoms with Crippen LogP contribution in [0.2, 0.25) is 0 Å². The van der Waals surface area contributed by atoms with Crippen molar-refractivity contribution >= 4 is 5.91 Å². The SMILES string of the molecule is CCc1ccc(-c2noc(C(C)NC(=O)C3CCCN3)n2)cc1. The van der Waals surface area contributed by atoms with Gasteiger partial charge in [0, 0.05) is 5.56 Å². The van der Waals surface area contributed by atoms with Gasteiger partial charge in [0.15, 0.2) is 0 Å². The third-order valence-corrected chi connectivity index (χ3v) is 4.17. The van der Waals surface area contributed by atoms with Crippen LogP contribution in [0.5, 0.6) is 0 Å². The van der Waals surface area contributed by atoms with E-state index in [1.54, 1.807) is 0 Å². The summed E-state index contributed by atoms with van der Waals surface area (Å²) < 4.78 is 5.30. The Morgan fingerprint density at radius 1 is 1.43 bits per heavy atom. The van der Waals surface area contributed by atoms with Gasteiger partial charge in [-0.05, 0) is 38.3 Å². The molecule has 2 heterocycles. The molecular weight excluding hydrogens is 292 g/mol. The first-order chi connectivity index (χ1) is 11.2. The zero-order valence-corrected chi connectivity index (χ0v) is 13.5. The highest BCUT2D eigenvalue weighted by Gasteiger charge is 2.25. The van der Waals surface area contributed by atoms with Gasteiger partial charge in [0.25, 0.3) is 0 Å². The molecular formula is C17H22N4O2. The van der Waals surface area contributed by atoms with Crippen LogP contribution in [-0.4, -0.2) is 28.6 Å². The number of hydrogen-bond donors (Lipinski definition) is 2. The monoisotopic (exact) mass is 314 g/mol. The molecule has 0 aliphatic carbocycles. The summed E-state index contributed by atoms with van der Waals surface area (Å²) in [5.74, 6) is 0.954. The Morgan fingerprint density at radius 2 is 2.22 bits per heavy atom. The second-order valence-corrected chi connectivity index (χ2v) is 5.89. The summed E-state index contributed by atoms with van der Waals surface area (Å²) in [6.45, 7) is 4.86. The molecule has 0 spiro atoms. The number of aromatic nitrogens is 2. The van der Waals surface area contributed by atoms with Crippen LogP contribution in [0, 0.1) is 0 Å². The molecule has 6 heteroatoms. The molecule has 0 radical (unpaired) electrons. The molecule has 1 fully saturated rings. The Hall–Kier alpha value is -2.21. The van der Waals surface area contributed by atoms with Crippen molar-refractivity contribution in [2.75, 3.05) is 6.54 Å². The minimum absolute atomic E-state index is 0.0120. The van der Waals surface area contributed by atoms with Gasteiger partial charge in [-0.3, -0.25) is 4.79 Å². The van der Waals surface area contributed by atoms with Gasteiger partial charge in [-0.2, -0.15) is 4.98 Å². The third-order valence-electron chi connectivity index (χ3n) is 4.17. The van der Waals surface area contributed by atoms with Crippen LogP contribution in [0.25, 0.3) is 11.4 Å². The lowest BCUT2D eigenvalue weighted by Gasteiger charge is -2.14. The maximum atomic E-state index is 12.1. The second kappa shape index (κ2) is 6.91. The van der Waals surface area contributed by atoms with E-state index in [0.717, 1.165) is 31.4 Å². The van der Waals surface area contributed by atoms with Crippen LogP contribution in [0.3, 0.4) is 0 Å². The van der Waals surface area contributed by atoms with Crippen molar-refractivity contribution in [2.24, 2.45) is 0 Å². The molecule has 122 valence electrons. The summed E-state index contributed by atoms with van der Waals surface area (Å²) in [6, 6.07) is 7.67. The molecule has 0 saturated carbocycles. The van der Waals surface area contributed by atoms with Crippen LogP contribution in [0.15, 0.2) is 28.8 Å². The van der Waals surface area contributed by atoms with Crippen LogP contribution >= 0.6 is 0 Å². The van der Waals surface area contributed by atoms with Gasteiger partial charge in [0.2, 0.25) is 17.6 Å². The van der Waals surface area contributed by atoms with Gasteiger partial charge in [-0.15, -0.1) is 0 Å². The molecule has 0 bridgehead atoms. The average molecular weight is 314 g/mol. The van der Waals surface area contributed by atoms with E-state index in [2.05, 4.69) is 39.8 Å². The number of hydrogen-bond acceptors (Lipinski definition) is 5. The molecule has 1 amide bonds. The molecule has 1 aromatic heterocycles.